The second kappa shape index (κ2) is 24.0. The molecule has 0 aliphatic heterocycles. The SMILES string of the molecule is CN(C)CCN.Cc1cc(C(=O)NCCN(C)C)ccc1Nc1nccc(Oc2ccc(N)c3ccccc23)n1.Cc1cc(C(=O)O)ccc1Nc1nccc(Oc2ccc(C)c3ccccc23)n1. The third-order valence-electron chi connectivity index (χ3n) is 10.6. The van der Waals surface area contributed by atoms with Crippen LogP contribution in [0.25, 0.3) is 21.5 Å². The van der Waals surface area contributed by atoms with Crippen LogP contribution in [0.5, 0.6) is 23.3 Å². The van der Waals surface area contributed by atoms with Crippen molar-refractivity contribution in [2.75, 3.05) is 70.7 Å². The van der Waals surface area contributed by atoms with Crippen LogP contribution in [-0.2, 0) is 0 Å². The largest absolute Gasteiger partial charge is 0.478 e. The van der Waals surface area contributed by atoms with E-state index < -0.39 is 5.97 Å². The van der Waals surface area contributed by atoms with Gasteiger partial charge in [-0.2, -0.15) is 9.97 Å². The predicted molar refractivity (Wildman–Crippen MR) is 276 cm³/mol. The van der Waals surface area contributed by atoms with Crippen molar-refractivity contribution in [1.29, 1.82) is 0 Å². The zero-order valence-electron chi connectivity index (χ0n) is 39.9. The van der Waals surface area contributed by atoms with Crippen LogP contribution in [0.3, 0.4) is 0 Å². The Kier molecular flexibility index (Phi) is 17.5. The number of carboxylic acid groups (broad SMARTS) is 1. The van der Waals surface area contributed by atoms with Gasteiger partial charge in [-0.15, -0.1) is 0 Å². The second-order valence-corrected chi connectivity index (χ2v) is 16.5. The average molecular weight is 930 g/mol. The fourth-order valence-corrected chi connectivity index (χ4v) is 6.91. The van der Waals surface area contributed by atoms with Gasteiger partial charge in [-0.1, -0.05) is 54.6 Å². The van der Waals surface area contributed by atoms with Gasteiger partial charge >= 0.3 is 5.97 Å². The third-order valence-corrected chi connectivity index (χ3v) is 10.6. The van der Waals surface area contributed by atoms with Gasteiger partial charge in [-0.25, -0.2) is 14.8 Å². The smallest absolute Gasteiger partial charge is 0.335 e. The molecule has 2 aromatic heterocycles. The third kappa shape index (κ3) is 14.2. The number of nitrogens with two attached hydrogens (primary N) is 2. The molecule has 356 valence electrons. The molecular formula is C53H59N11O5. The molecule has 0 aliphatic rings. The van der Waals surface area contributed by atoms with Gasteiger partial charge in [0.05, 0.1) is 5.56 Å². The van der Waals surface area contributed by atoms with Crippen molar-refractivity contribution in [1.82, 2.24) is 35.1 Å². The number of carbonyl (C=O) groups is 2. The second-order valence-electron chi connectivity index (χ2n) is 16.5. The van der Waals surface area contributed by atoms with Gasteiger partial charge < -0.3 is 51.8 Å². The summed E-state index contributed by atoms with van der Waals surface area (Å²) in [5.74, 6) is 1.90. The summed E-state index contributed by atoms with van der Waals surface area (Å²) in [6.45, 7) is 8.94. The fraction of sp³-hybridized carbons (Fsp3) is 0.208. The van der Waals surface area contributed by atoms with E-state index in [0.717, 1.165) is 69.4 Å². The average Bonchev–Trinajstić information content (AvgIpc) is 3.33. The molecule has 0 saturated heterocycles. The summed E-state index contributed by atoms with van der Waals surface area (Å²) in [4.78, 5) is 45.0. The number of nitrogens with one attached hydrogen (secondary N) is 3. The number of fused-ring (bicyclic) bond motifs is 2. The lowest BCUT2D eigenvalue weighted by Gasteiger charge is -2.13. The Balaban J connectivity index is 0.000000205. The Morgan fingerprint density at radius 2 is 1.09 bits per heavy atom. The topological polar surface area (TPSA) is 219 Å². The lowest BCUT2D eigenvalue weighted by Crippen LogP contribution is -2.31. The van der Waals surface area contributed by atoms with Crippen LogP contribution in [0.1, 0.15) is 37.4 Å². The molecule has 8 N–H and O–H groups in total. The zero-order chi connectivity index (χ0) is 49.5. The molecule has 8 aromatic rings. The van der Waals surface area contributed by atoms with E-state index in [9.17, 15) is 9.59 Å². The standard InChI is InChI=1S/C26H28N6O2.C23H19N3O3.C4H12N2/c1-17-16-18(25(33)28-14-15-32(2)3)8-10-22(17)30-26-29-13-12-24(31-26)34-23-11-9-21(27)19-6-4-5-7-20(19)23;1-14-7-10-20(18-6-4-3-5-17(14)18)29-21-11-12-24-23(26-21)25-19-9-8-16(22(27)28)13-15(19)2;1-6(2)4-3-5/h4-13,16H,14-15,27H2,1-3H3,(H,28,33)(H,29,30,31);3-13H,1-2H3,(H,27,28)(H,24,25,26);3-5H2,1-2H3. The van der Waals surface area contributed by atoms with Crippen molar-refractivity contribution in [2.24, 2.45) is 5.73 Å². The molecular weight excluding hydrogens is 871 g/mol. The van der Waals surface area contributed by atoms with E-state index in [2.05, 4.69) is 53.8 Å². The summed E-state index contributed by atoms with van der Waals surface area (Å²) in [5.41, 5.74) is 17.2. The molecule has 0 bridgehead atoms. The van der Waals surface area contributed by atoms with Gasteiger partial charge in [0.15, 0.2) is 0 Å². The molecule has 0 radical (unpaired) electrons. The number of rotatable bonds is 15. The van der Waals surface area contributed by atoms with Crippen LogP contribution in [-0.4, -0.2) is 101 Å². The summed E-state index contributed by atoms with van der Waals surface area (Å²) >= 11 is 0. The molecule has 16 heteroatoms. The fourth-order valence-electron chi connectivity index (χ4n) is 6.91. The van der Waals surface area contributed by atoms with Crippen molar-refractivity contribution in [2.45, 2.75) is 20.8 Å². The highest BCUT2D eigenvalue weighted by molar-refractivity contribution is 5.97. The molecule has 6 aromatic carbocycles. The van der Waals surface area contributed by atoms with Gasteiger partial charge in [0.2, 0.25) is 23.7 Å². The number of nitrogens with zero attached hydrogens (tertiary/aromatic N) is 6. The molecule has 0 aliphatic carbocycles. The maximum Gasteiger partial charge on any atom is 0.335 e. The van der Waals surface area contributed by atoms with E-state index >= 15 is 0 Å². The van der Waals surface area contributed by atoms with Crippen molar-refractivity contribution in [3.05, 3.63) is 162 Å². The van der Waals surface area contributed by atoms with Crippen molar-refractivity contribution < 1.29 is 24.2 Å². The zero-order valence-corrected chi connectivity index (χ0v) is 39.9. The van der Waals surface area contributed by atoms with E-state index in [1.165, 1.54) is 11.6 Å². The lowest BCUT2D eigenvalue weighted by atomic mass is 10.1. The first-order valence-electron chi connectivity index (χ1n) is 22.2. The highest BCUT2D eigenvalue weighted by Gasteiger charge is 2.13. The highest BCUT2D eigenvalue weighted by atomic mass is 16.5. The van der Waals surface area contributed by atoms with Gasteiger partial charge in [-0.05, 0) is 126 Å². The minimum Gasteiger partial charge on any atom is -0.478 e. The maximum absolute atomic E-state index is 12.4. The first kappa shape index (κ1) is 50.2. The van der Waals surface area contributed by atoms with Gasteiger partial charge in [0.25, 0.3) is 5.91 Å². The number of hydrogen-bond donors (Lipinski definition) is 6. The highest BCUT2D eigenvalue weighted by Crippen LogP contribution is 2.34. The van der Waals surface area contributed by atoms with Crippen LogP contribution >= 0.6 is 0 Å². The Bertz CT molecular complexity index is 3040. The number of aromatic nitrogens is 4. The van der Waals surface area contributed by atoms with Crippen LogP contribution in [0.4, 0.5) is 29.0 Å². The lowest BCUT2D eigenvalue weighted by molar-refractivity contribution is 0.0696. The number of carbonyl (C=O) groups excluding carboxylic acids is 1. The number of anilines is 5. The van der Waals surface area contributed by atoms with Crippen molar-refractivity contribution >= 4 is 62.4 Å². The molecule has 16 nitrogen and oxygen atoms in total. The summed E-state index contributed by atoms with van der Waals surface area (Å²) < 4.78 is 12.1. The minimum absolute atomic E-state index is 0.0983. The van der Waals surface area contributed by atoms with Gasteiger partial charge in [-0.3, -0.25) is 4.79 Å². The summed E-state index contributed by atoms with van der Waals surface area (Å²) in [7, 11) is 7.95. The van der Waals surface area contributed by atoms with Crippen LogP contribution in [0, 0.1) is 20.8 Å². The Labute approximate surface area is 402 Å². The van der Waals surface area contributed by atoms with E-state index in [0.29, 0.717) is 47.2 Å². The molecule has 8 rings (SSSR count). The van der Waals surface area contributed by atoms with Crippen molar-refractivity contribution in [3.63, 3.8) is 0 Å². The van der Waals surface area contributed by atoms with Crippen LogP contribution in [0.2, 0.25) is 0 Å². The quantitative estimate of drug-likeness (QED) is 0.0528. The number of carboxylic acids is 1. The van der Waals surface area contributed by atoms with Crippen molar-refractivity contribution in [3.8, 4) is 23.3 Å². The monoisotopic (exact) mass is 929 g/mol. The molecule has 69 heavy (non-hydrogen) atoms. The van der Waals surface area contributed by atoms with E-state index in [4.69, 9.17) is 26.0 Å². The first-order valence-corrected chi connectivity index (χ1v) is 22.2. The molecule has 0 unspecified atom stereocenters. The predicted octanol–water partition coefficient (Wildman–Crippen LogP) is 9.34. The van der Waals surface area contributed by atoms with Crippen LogP contribution < -0.4 is 36.9 Å². The number of likely N-dealkylation sites (N-methyl/N-ethyl adjacent to an activating group) is 2. The summed E-state index contributed by atoms with van der Waals surface area (Å²) in [6.07, 6.45) is 3.24. The summed E-state index contributed by atoms with van der Waals surface area (Å²) in [6, 6.07) is 37.2. The number of amides is 1. The number of hydrogen-bond acceptors (Lipinski definition) is 14. The van der Waals surface area contributed by atoms with E-state index in [1.807, 2.05) is 126 Å². The molecule has 0 saturated carbocycles. The Morgan fingerprint density at radius 3 is 1.59 bits per heavy atom. The summed E-state index contributed by atoms with van der Waals surface area (Å²) in [5, 5.41) is 22.3. The Hall–Kier alpha value is -8.18. The number of ether oxygens (including phenoxy) is 2. The number of aromatic carboxylic acids is 1. The first-order chi connectivity index (χ1) is 33.2. The normalized spacial score (nSPS) is 10.8. The van der Waals surface area contributed by atoms with Gasteiger partial charge in [0.1, 0.15) is 11.5 Å². The van der Waals surface area contributed by atoms with Crippen LogP contribution in [0.15, 0.2) is 134 Å². The number of aryl methyl sites for hydroxylation is 3. The molecule has 0 spiro atoms. The van der Waals surface area contributed by atoms with E-state index in [1.54, 1.807) is 42.7 Å². The number of benzene rings is 6. The van der Waals surface area contributed by atoms with E-state index in [-0.39, 0.29) is 11.5 Å². The van der Waals surface area contributed by atoms with Gasteiger partial charge in [0, 0.05) is 89.5 Å². The molecule has 0 atom stereocenters. The maximum atomic E-state index is 12.4. The molecule has 0 fully saturated rings. The number of nitrogen functional groups attached to an aromatic ring is 1. The molecule has 2 heterocycles. The minimum atomic E-state index is -0.961. The molecule has 1 amide bonds. The Morgan fingerprint density at radius 1 is 0.594 bits per heavy atom.